The van der Waals surface area contributed by atoms with Crippen LogP contribution in [0.5, 0.6) is 0 Å². The zero-order valence-electron chi connectivity index (χ0n) is 10.2. The Labute approximate surface area is 105 Å². The minimum Gasteiger partial charge on any atom is -0.324 e. The van der Waals surface area contributed by atoms with Crippen molar-refractivity contribution in [1.82, 2.24) is 14.8 Å². The van der Waals surface area contributed by atoms with Gasteiger partial charge < -0.3 is 5.73 Å². The second-order valence-corrected chi connectivity index (χ2v) is 5.11. The standard InChI is InChI=1S/C12H16N4S/c1-8-6-12(16(3)15-8)17-11-7-10(9(2)13)4-5-14-11/h4-7,9H,13H2,1-3H3. The highest BCUT2D eigenvalue weighted by atomic mass is 32.2. The van der Waals surface area contributed by atoms with Crippen LogP contribution in [0.15, 0.2) is 34.4 Å². The molecule has 2 aromatic rings. The molecule has 2 N–H and O–H groups in total. The third-order valence-corrected chi connectivity index (χ3v) is 3.48. The fraction of sp³-hybridized carbons (Fsp3) is 0.333. The Morgan fingerprint density at radius 3 is 2.76 bits per heavy atom. The van der Waals surface area contributed by atoms with Crippen molar-refractivity contribution in [3.05, 3.63) is 35.7 Å². The fourth-order valence-corrected chi connectivity index (χ4v) is 2.48. The quantitative estimate of drug-likeness (QED) is 0.905. The molecule has 1 atom stereocenters. The molecule has 0 aliphatic heterocycles. The second kappa shape index (κ2) is 4.89. The Balaban J connectivity index is 2.24. The number of nitrogens with zero attached hydrogens (tertiary/aromatic N) is 3. The van der Waals surface area contributed by atoms with Crippen LogP contribution in [0, 0.1) is 6.92 Å². The van der Waals surface area contributed by atoms with Crippen LogP contribution in [-0.4, -0.2) is 14.8 Å². The maximum Gasteiger partial charge on any atom is 0.102 e. The molecule has 1 unspecified atom stereocenters. The van der Waals surface area contributed by atoms with E-state index in [0.29, 0.717) is 0 Å². The topological polar surface area (TPSA) is 56.7 Å². The average Bonchev–Trinajstić information content (AvgIpc) is 2.58. The maximum absolute atomic E-state index is 5.86. The lowest BCUT2D eigenvalue weighted by atomic mass is 10.1. The summed E-state index contributed by atoms with van der Waals surface area (Å²) in [5, 5.41) is 6.34. The molecule has 0 aromatic carbocycles. The molecule has 0 aliphatic rings. The number of aryl methyl sites for hydroxylation is 2. The van der Waals surface area contributed by atoms with E-state index in [1.807, 2.05) is 43.8 Å². The lowest BCUT2D eigenvalue weighted by molar-refractivity contribution is 0.692. The summed E-state index contributed by atoms with van der Waals surface area (Å²) in [5.74, 6) is 0. The van der Waals surface area contributed by atoms with Gasteiger partial charge in [0, 0.05) is 19.3 Å². The van der Waals surface area contributed by atoms with Crippen molar-refractivity contribution in [2.75, 3.05) is 0 Å². The normalized spacial score (nSPS) is 12.7. The van der Waals surface area contributed by atoms with Crippen LogP contribution in [-0.2, 0) is 7.05 Å². The van der Waals surface area contributed by atoms with Gasteiger partial charge in [0.25, 0.3) is 0 Å². The summed E-state index contributed by atoms with van der Waals surface area (Å²) < 4.78 is 1.86. The van der Waals surface area contributed by atoms with Crippen LogP contribution in [0.25, 0.3) is 0 Å². The molecule has 0 spiro atoms. The number of nitrogens with two attached hydrogens (primary N) is 1. The van der Waals surface area contributed by atoms with E-state index >= 15 is 0 Å². The van der Waals surface area contributed by atoms with Crippen LogP contribution in [0.2, 0.25) is 0 Å². The fourth-order valence-electron chi connectivity index (χ4n) is 1.55. The number of hydrogen-bond acceptors (Lipinski definition) is 4. The van der Waals surface area contributed by atoms with Crippen molar-refractivity contribution >= 4 is 11.8 Å². The Morgan fingerprint density at radius 1 is 1.41 bits per heavy atom. The van der Waals surface area contributed by atoms with Gasteiger partial charge in [0.2, 0.25) is 0 Å². The van der Waals surface area contributed by atoms with E-state index in [2.05, 4.69) is 10.1 Å². The molecule has 17 heavy (non-hydrogen) atoms. The third kappa shape index (κ3) is 2.87. The molecule has 2 heterocycles. The summed E-state index contributed by atoms with van der Waals surface area (Å²) in [6.07, 6.45) is 1.80. The summed E-state index contributed by atoms with van der Waals surface area (Å²) >= 11 is 1.60. The molecule has 2 rings (SSSR count). The second-order valence-electron chi connectivity index (χ2n) is 4.07. The van der Waals surface area contributed by atoms with Crippen molar-refractivity contribution < 1.29 is 0 Å². The van der Waals surface area contributed by atoms with Gasteiger partial charge in [-0.25, -0.2) is 4.98 Å². The molecule has 0 saturated carbocycles. The molecule has 90 valence electrons. The van der Waals surface area contributed by atoms with Gasteiger partial charge in [-0.2, -0.15) is 5.10 Å². The van der Waals surface area contributed by atoms with Crippen molar-refractivity contribution in [1.29, 1.82) is 0 Å². The SMILES string of the molecule is Cc1cc(Sc2cc(C(C)N)ccn2)n(C)n1. The van der Waals surface area contributed by atoms with E-state index in [4.69, 9.17) is 5.73 Å². The van der Waals surface area contributed by atoms with Gasteiger partial charge >= 0.3 is 0 Å². The number of pyridine rings is 1. The first-order valence-corrected chi connectivity index (χ1v) is 6.28. The van der Waals surface area contributed by atoms with Crippen molar-refractivity contribution in [2.24, 2.45) is 12.8 Å². The zero-order valence-corrected chi connectivity index (χ0v) is 11.0. The smallest absolute Gasteiger partial charge is 0.102 e. The van der Waals surface area contributed by atoms with Gasteiger partial charge in [0.1, 0.15) is 10.1 Å². The number of hydrogen-bond donors (Lipinski definition) is 1. The molecule has 0 saturated heterocycles. The summed E-state index contributed by atoms with van der Waals surface area (Å²) in [4.78, 5) is 4.33. The Bertz CT molecular complexity index is 519. The predicted molar refractivity (Wildman–Crippen MR) is 68.9 cm³/mol. The van der Waals surface area contributed by atoms with Crippen molar-refractivity contribution in [3.63, 3.8) is 0 Å². The molecule has 0 aliphatic carbocycles. The third-order valence-electron chi connectivity index (χ3n) is 2.45. The van der Waals surface area contributed by atoms with Gasteiger partial charge in [-0.3, -0.25) is 4.68 Å². The van der Waals surface area contributed by atoms with Crippen molar-refractivity contribution in [2.45, 2.75) is 29.9 Å². The van der Waals surface area contributed by atoms with E-state index in [-0.39, 0.29) is 6.04 Å². The molecular weight excluding hydrogens is 232 g/mol. The summed E-state index contributed by atoms with van der Waals surface area (Å²) in [5.41, 5.74) is 7.97. The van der Waals surface area contributed by atoms with Crippen LogP contribution in [0.4, 0.5) is 0 Å². The first-order chi connectivity index (χ1) is 8.06. The first kappa shape index (κ1) is 12.1. The summed E-state index contributed by atoms with van der Waals surface area (Å²) in [7, 11) is 1.94. The maximum atomic E-state index is 5.86. The molecule has 0 radical (unpaired) electrons. The van der Waals surface area contributed by atoms with Gasteiger partial charge in [-0.15, -0.1) is 0 Å². The summed E-state index contributed by atoms with van der Waals surface area (Å²) in [6.45, 7) is 3.95. The van der Waals surface area contributed by atoms with Gasteiger partial charge in [0.05, 0.1) is 5.69 Å². The van der Waals surface area contributed by atoms with Crippen LogP contribution in [0.3, 0.4) is 0 Å². The molecule has 0 amide bonds. The largest absolute Gasteiger partial charge is 0.324 e. The van der Waals surface area contributed by atoms with Gasteiger partial charge in [-0.05, 0) is 37.6 Å². The highest BCUT2D eigenvalue weighted by molar-refractivity contribution is 7.99. The van der Waals surface area contributed by atoms with E-state index in [1.54, 1.807) is 18.0 Å². The van der Waals surface area contributed by atoms with E-state index in [0.717, 1.165) is 21.3 Å². The Morgan fingerprint density at radius 2 is 2.18 bits per heavy atom. The highest BCUT2D eigenvalue weighted by Gasteiger charge is 2.07. The molecule has 2 aromatic heterocycles. The van der Waals surface area contributed by atoms with Crippen LogP contribution < -0.4 is 5.73 Å². The predicted octanol–water partition coefficient (Wildman–Crippen LogP) is 2.29. The average molecular weight is 248 g/mol. The molecule has 0 bridgehead atoms. The van der Waals surface area contributed by atoms with Gasteiger partial charge in [-0.1, -0.05) is 11.8 Å². The van der Waals surface area contributed by atoms with E-state index in [1.165, 1.54) is 0 Å². The first-order valence-electron chi connectivity index (χ1n) is 5.46. The van der Waals surface area contributed by atoms with E-state index in [9.17, 15) is 0 Å². The summed E-state index contributed by atoms with van der Waals surface area (Å²) in [6, 6.07) is 6.05. The van der Waals surface area contributed by atoms with Crippen LogP contribution >= 0.6 is 11.8 Å². The van der Waals surface area contributed by atoms with Gasteiger partial charge in [0.15, 0.2) is 0 Å². The molecule has 4 nitrogen and oxygen atoms in total. The van der Waals surface area contributed by atoms with Crippen LogP contribution in [0.1, 0.15) is 24.2 Å². The Hall–Kier alpha value is -1.33. The molecule has 5 heteroatoms. The lowest BCUT2D eigenvalue weighted by Crippen LogP contribution is -2.05. The number of aromatic nitrogens is 3. The van der Waals surface area contributed by atoms with E-state index < -0.39 is 0 Å². The monoisotopic (exact) mass is 248 g/mol. The lowest BCUT2D eigenvalue weighted by Gasteiger charge is -2.07. The highest BCUT2D eigenvalue weighted by Crippen LogP contribution is 2.27. The zero-order chi connectivity index (χ0) is 12.4. The minimum atomic E-state index is 0.0330. The number of rotatable bonds is 3. The molecule has 0 fully saturated rings. The Kier molecular flexibility index (Phi) is 3.49. The molecular formula is C12H16N4S. The van der Waals surface area contributed by atoms with Crippen molar-refractivity contribution in [3.8, 4) is 0 Å². The minimum absolute atomic E-state index is 0.0330.